The van der Waals surface area contributed by atoms with Crippen LogP contribution in [0.15, 0.2) is 152 Å². The maximum absolute atomic E-state index is 2.43. The molecule has 0 aliphatic heterocycles. The van der Waals surface area contributed by atoms with Gasteiger partial charge in [-0.1, -0.05) is 97.1 Å². The Morgan fingerprint density at radius 1 is 0.318 bits per heavy atom. The lowest BCUT2D eigenvalue weighted by molar-refractivity contribution is 1.18. The summed E-state index contributed by atoms with van der Waals surface area (Å²) in [7, 11) is 0. The number of hydrogen-bond donors (Lipinski definition) is 0. The molecule has 10 aromatic rings. The Labute approximate surface area is 257 Å². The van der Waals surface area contributed by atoms with Gasteiger partial charge in [-0.05, 0) is 98.0 Å². The lowest BCUT2D eigenvalue weighted by atomic mass is 9.91. The molecule has 0 unspecified atom stereocenters. The number of nitrogens with zero attached hydrogens (tertiary/aromatic N) is 1. The van der Waals surface area contributed by atoms with Gasteiger partial charge < -0.3 is 4.57 Å². The Morgan fingerprint density at radius 3 is 1.70 bits per heavy atom. The molecule has 0 saturated carbocycles. The van der Waals surface area contributed by atoms with E-state index in [1.165, 1.54) is 91.1 Å². The first-order chi connectivity index (χ1) is 21.8. The molecule has 10 rings (SSSR count). The van der Waals surface area contributed by atoms with E-state index in [9.17, 15) is 0 Å². The van der Waals surface area contributed by atoms with Gasteiger partial charge in [-0.2, -0.15) is 0 Å². The molecule has 0 N–H and O–H groups in total. The van der Waals surface area contributed by atoms with E-state index in [1.54, 1.807) is 0 Å². The third-order valence-electron chi connectivity index (χ3n) is 9.35. The second-order valence-corrected chi connectivity index (χ2v) is 12.8. The second-order valence-electron chi connectivity index (χ2n) is 11.7. The van der Waals surface area contributed by atoms with Crippen molar-refractivity contribution in [3.8, 4) is 16.8 Å². The number of aromatic nitrogens is 1. The Bertz CT molecular complexity index is 2760. The molecule has 0 saturated heterocycles. The van der Waals surface area contributed by atoms with Crippen molar-refractivity contribution >= 4 is 85.6 Å². The molecule has 2 heteroatoms. The average Bonchev–Trinajstić information content (AvgIpc) is 3.63. The van der Waals surface area contributed by atoms with Gasteiger partial charge in [0.05, 0.1) is 11.0 Å². The summed E-state index contributed by atoms with van der Waals surface area (Å²) in [6, 6.07) is 56.0. The van der Waals surface area contributed by atoms with Crippen molar-refractivity contribution in [1.82, 2.24) is 4.57 Å². The van der Waals surface area contributed by atoms with Crippen LogP contribution in [0.1, 0.15) is 0 Å². The highest BCUT2D eigenvalue weighted by Crippen LogP contribution is 2.42. The van der Waals surface area contributed by atoms with E-state index in [1.807, 2.05) is 11.3 Å². The van der Waals surface area contributed by atoms with E-state index >= 15 is 0 Å². The number of thiophene rings is 1. The number of fused-ring (bicyclic) bond motifs is 12. The first kappa shape index (κ1) is 24.0. The van der Waals surface area contributed by atoms with E-state index < -0.39 is 0 Å². The van der Waals surface area contributed by atoms with Gasteiger partial charge in [-0.15, -0.1) is 11.3 Å². The smallest absolute Gasteiger partial charge is 0.0547 e. The third-order valence-corrected chi connectivity index (χ3v) is 10.5. The van der Waals surface area contributed by atoms with E-state index in [2.05, 4.69) is 156 Å². The largest absolute Gasteiger partial charge is 0.309 e. The molecular weight excluding hydrogens is 551 g/mol. The number of hydrogen-bond acceptors (Lipinski definition) is 1. The maximum atomic E-state index is 2.43. The van der Waals surface area contributed by atoms with Crippen LogP contribution in [0.2, 0.25) is 0 Å². The highest BCUT2D eigenvalue weighted by atomic mass is 32.1. The van der Waals surface area contributed by atoms with Crippen LogP contribution in [0.4, 0.5) is 0 Å². The molecule has 1 nitrogen and oxygen atoms in total. The van der Waals surface area contributed by atoms with Gasteiger partial charge in [0, 0.05) is 36.6 Å². The monoisotopic (exact) mass is 575 g/mol. The lowest BCUT2D eigenvalue weighted by Gasteiger charge is -2.14. The molecule has 0 bridgehead atoms. The van der Waals surface area contributed by atoms with Crippen LogP contribution in [-0.4, -0.2) is 4.57 Å². The van der Waals surface area contributed by atoms with Gasteiger partial charge in [0.25, 0.3) is 0 Å². The van der Waals surface area contributed by atoms with E-state index in [-0.39, 0.29) is 0 Å². The molecule has 2 aromatic heterocycles. The van der Waals surface area contributed by atoms with Gasteiger partial charge in [0.2, 0.25) is 0 Å². The Balaban J connectivity index is 1.28. The molecule has 0 aliphatic carbocycles. The highest BCUT2D eigenvalue weighted by molar-refractivity contribution is 7.25. The summed E-state index contributed by atoms with van der Waals surface area (Å²) >= 11 is 1.87. The predicted molar refractivity (Wildman–Crippen MR) is 192 cm³/mol. The zero-order chi connectivity index (χ0) is 28.8. The molecule has 44 heavy (non-hydrogen) atoms. The van der Waals surface area contributed by atoms with E-state index in [4.69, 9.17) is 0 Å². The van der Waals surface area contributed by atoms with Crippen LogP contribution in [0.25, 0.3) is 91.1 Å². The van der Waals surface area contributed by atoms with Crippen molar-refractivity contribution < 1.29 is 0 Å². The number of rotatable bonds is 2. The minimum absolute atomic E-state index is 1.18. The summed E-state index contributed by atoms with van der Waals surface area (Å²) in [5, 5.41) is 13.0. The van der Waals surface area contributed by atoms with Crippen molar-refractivity contribution in [2.75, 3.05) is 0 Å². The van der Waals surface area contributed by atoms with Gasteiger partial charge in [0.15, 0.2) is 0 Å². The van der Waals surface area contributed by atoms with Gasteiger partial charge in [-0.25, -0.2) is 0 Å². The van der Waals surface area contributed by atoms with Crippen LogP contribution in [-0.2, 0) is 0 Å². The van der Waals surface area contributed by atoms with Crippen LogP contribution in [0, 0.1) is 0 Å². The first-order valence-corrected chi connectivity index (χ1v) is 15.9. The molecule has 204 valence electrons. The fourth-order valence-electron chi connectivity index (χ4n) is 7.36. The van der Waals surface area contributed by atoms with Crippen LogP contribution >= 0.6 is 11.3 Å². The van der Waals surface area contributed by atoms with Crippen molar-refractivity contribution in [1.29, 1.82) is 0 Å². The fourth-order valence-corrected chi connectivity index (χ4v) is 8.44. The molecule has 0 amide bonds. The maximum Gasteiger partial charge on any atom is 0.0547 e. The van der Waals surface area contributed by atoms with Crippen molar-refractivity contribution in [2.24, 2.45) is 0 Å². The summed E-state index contributed by atoms with van der Waals surface area (Å²) < 4.78 is 5.10. The lowest BCUT2D eigenvalue weighted by Crippen LogP contribution is -1.93. The first-order valence-electron chi connectivity index (χ1n) is 15.1. The summed E-state index contributed by atoms with van der Waals surface area (Å²) in [6.07, 6.45) is 0. The standard InChI is InChI=1S/C42H25NS/c1-2-10-28(11-3-1)43-39-16-8-6-14-32(39)37-24-35-31-20-18-26(22-34(31)29-12-4-5-13-30(29)36(35)25-40(37)43)27-19-21-42-38(23-27)33-15-7-9-17-41(33)44-42/h1-25H. The van der Waals surface area contributed by atoms with Crippen molar-refractivity contribution in [3.63, 3.8) is 0 Å². The van der Waals surface area contributed by atoms with Crippen molar-refractivity contribution in [2.45, 2.75) is 0 Å². The summed E-state index contributed by atoms with van der Waals surface area (Å²) in [4.78, 5) is 0. The SMILES string of the molecule is c1ccc(-n2c3ccccc3c3cc4c5ccc(-c6ccc7sc8ccccc8c7c6)cc5c5ccccc5c4cc32)cc1. The molecule has 0 spiro atoms. The molecule has 0 aliphatic rings. The molecule has 0 radical (unpaired) electrons. The topological polar surface area (TPSA) is 4.93 Å². The van der Waals surface area contributed by atoms with Crippen LogP contribution in [0.5, 0.6) is 0 Å². The number of para-hydroxylation sites is 2. The normalized spacial score (nSPS) is 12.1. The third kappa shape index (κ3) is 3.35. The zero-order valence-electron chi connectivity index (χ0n) is 23.8. The molecule has 8 aromatic carbocycles. The van der Waals surface area contributed by atoms with E-state index in [0.717, 1.165) is 0 Å². The Morgan fingerprint density at radius 2 is 0.886 bits per heavy atom. The van der Waals surface area contributed by atoms with E-state index in [0.29, 0.717) is 0 Å². The predicted octanol–water partition coefficient (Wildman–Crippen LogP) is 12.3. The van der Waals surface area contributed by atoms with Gasteiger partial charge in [-0.3, -0.25) is 0 Å². The quantitative estimate of drug-likeness (QED) is 0.181. The van der Waals surface area contributed by atoms with Gasteiger partial charge >= 0.3 is 0 Å². The summed E-state index contributed by atoms with van der Waals surface area (Å²) in [5.41, 5.74) is 6.16. The second kappa shape index (κ2) is 9.03. The van der Waals surface area contributed by atoms with Crippen LogP contribution < -0.4 is 0 Å². The molecule has 2 heterocycles. The fraction of sp³-hybridized carbons (Fsp3) is 0. The highest BCUT2D eigenvalue weighted by Gasteiger charge is 2.17. The Kier molecular flexibility index (Phi) is 4.94. The summed E-state index contributed by atoms with van der Waals surface area (Å²) in [6.45, 7) is 0. The molecule has 0 atom stereocenters. The summed E-state index contributed by atoms with van der Waals surface area (Å²) in [5.74, 6) is 0. The minimum Gasteiger partial charge on any atom is -0.309 e. The minimum atomic E-state index is 1.18. The van der Waals surface area contributed by atoms with Gasteiger partial charge in [0.1, 0.15) is 0 Å². The zero-order valence-corrected chi connectivity index (χ0v) is 24.6. The number of benzene rings is 8. The average molecular weight is 576 g/mol. The molecule has 0 fully saturated rings. The van der Waals surface area contributed by atoms with Crippen LogP contribution in [0.3, 0.4) is 0 Å². The Hall–Kier alpha value is -5.44. The molecular formula is C42H25NS. The van der Waals surface area contributed by atoms with Crippen molar-refractivity contribution in [3.05, 3.63) is 152 Å².